The second-order valence-corrected chi connectivity index (χ2v) is 6.20. The third-order valence-electron chi connectivity index (χ3n) is 4.10. The predicted molar refractivity (Wildman–Crippen MR) is 95.0 cm³/mol. The van der Waals surface area contributed by atoms with Crippen LogP contribution in [0.1, 0.15) is 32.9 Å². The largest absolute Gasteiger partial charge is 0.390 e. The van der Waals surface area contributed by atoms with Crippen molar-refractivity contribution in [3.8, 4) is 0 Å². The Labute approximate surface area is 149 Å². The van der Waals surface area contributed by atoms with Gasteiger partial charge < -0.3 is 9.40 Å². The van der Waals surface area contributed by atoms with Crippen LogP contribution in [-0.4, -0.2) is 21.0 Å². The van der Waals surface area contributed by atoms with Gasteiger partial charge in [0.15, 0.2) is 0 Å². The van der Waals surface area contributed by atoms with Crippen molar-refractivity contribution in [3.63, 3.8) is 0 Å². The highest BCUT2D eigenvalue weighted by Gasteiger charge is 2.32. The van der Waals surface area contributed by atoms with Gasteiger partial charge in [-0.15, -0.1) is 0 Å². The molecule has 3 aromatic rings. The van der Waals surface area contributed by atoms with Crippen LogP contribution in [-0.2, 0) is 18.5 Å². The quantitative estimate of drug-likeness (QED) is 0.530. The topological polar surface area (TPSA) is 56.5 Å². The number of ketones is 1. The lowest BCUT2D eigenvalue weighted by Crippen LogP contribution is -2.23. The Kier molecular flexibility index (Phi) is 3.86. The normalized spacial score (nSPS) is 14.3. The Balaban J connectivity index is 1.70. The third-order valence-corrected chi connectivity index (χ3v) is 4.36. The number of carbonyl (C=O) groups excluding carboxylic acids is 1. The van der Waals surface area contributed by atoms with Crippen molar-refractivity contribution >= 4 is 23.1 Å². The molecule has 5 nitrogen and oxygen atoms in total. The van der Waals surface area contributed by atoms with Gasteiger partial charge in [0.05, 0.1) is 6.33 Å². The molecule has 124 valence electrons. The lowest BCUT2D eigenvalue weighted by molar-refractivity contribution is 0.102. The second kappa shape index (κ2) is 6.18. The first kappa shape index (κ1) is 15.6. The summed E-state index contributed by atoms with van der Waals surface area (Å²) in [5.41, 5.74) is 3.92. The van der Waals surface area contributed by atoms with Crippen LogP contribution in [0.5, 0.6) is 0 Å². The molecule has 0 atom stereocenters. The summed E-state index contributed by atoms with van der Waals surface area (Å²) in [5, 5.41) is 4.96. The molecule has 0 saturated carbocycles. The van der Waals surface area contributed by atoms with Crippen LogP contribution in [0.25, 0.3) is 0 Å². The minimum atomic E-state index is -0.0535. The van der Waals surface area contributed by atoms with Gasteiger partial charge in [0.25, 0.3) is 0 Å². The fourth-order valence-corrected chi connectivity index (χ4v) is 2.98. The van der Waals surface area contributed by atoms with Gasteiger partial charge in [-0.3, -0.25) is 4.79 Å². The fourth-order valence-electron chi connectivity index (χ4n) is 2.86. The first-order valence-electron chi connectivity index (χ1n) is 7.75. The molecule has 4 rings (SSSR count). The van der Waals surface area contributed by atoms with Gasteiger partial charge in [0.2, 0.25) is 5.78 Å². The van der Waals surface area contributed by atoms with Crippen LogP contribution < -0.4 is 0 Å². The predicted octanol–water partition coefficient (Wildman–Crippen LogP) is 3.59. The Morgan fingerprint density at radius 1 is 1.12 bits per heavy atom. The van der Waals surface area contributed by atoms with Gasteiger partial charge in [0, 0.05) is 23.2 Å². The van der Waals surface area contributed by atoms with Gasteiger partial charge in [-0.2, -0.15) is 0 Å². The third kappa shape index (κ3) is 2.72. The van der Waals surface area contributed by atoms with Crippen molar-refractivity contribution < 1.29 is 9.63 Å². The molecule has 0 fully saturated rings. The molecule has 1 heterocycles. The molecule has 0 unspecified atom stereocenters. The van der Waals surface area contributed by atoms with E-state index < -0.39 is 0 Å². The maximum absolute atomic E-state index is 12.7. The second-order valence-electron chi connectivity index (χ2n) is 5.77. The standard InChI is InChI=1S/C19H14ClN3O2/c1-23-11-21-17-16(22-25-10-12-6-8-13(20)9-7-12)14-4-2-3-5-15(14)19(24)18(17)23/h2-9,11H,10H2,1H3/b22-16+. The van der Waals surface area contributed by atoms with Crippen molar-refractivity contribution in [1.29, 1.82) is 0 Å². The van der Waals surface area contributed by atoms with E-state index in [1.165, 1.54) is 0 Å². The number of aromatic nitrogens is 2. The number of halogens is 1. The van der Waals surface area contributed by atoms with Gasteiger partial charge in [0.1, 0.15) is 23.7 Å². The minimum Gasteiger partial charge on any atom is -0.390 e. The number of rotatable bonds is 3. The van der Waals surface area contributed by atoms with Gasteiger partial charge >= 0.3 is 0 Å². The molecule has 0 spiro atoms. The smallest absolute Gasteiger partial charge is 0.212 e. The van der Waals surface area contributed by atoms with E-state index in [1.54, 1.807) is 36.1 Å². The van der Waals surface area contributed by atoms with Crippen LogP contribution in [0.2, 0.25) is 5.02 Å². The molecule has 25 heavy (non-hydrogen) atoms. The van der Waals surface area contributed by atoms with Crippen molar-refractivity contribution in [1.82, 2.24) is 9.55 Å². The summed E-state index contributed by atoms with van der Waals surface area (Å²) in [6.07, 6.45) is 1.61. The van der Waals surface area contributed by atoms with E-state index in [4.69, 9.17) is 16.4 Å². The van der Waals surface area contributed by atoms with E-state index >= 15 is 0 Å². The molecule has 1 aliphatic rings. The van der Waals surface area contributed by atoms with Crippen molar-refractivity contribution in [3.05, 3.63) is 88.0 Å². The molecule has 0 bridgehead atoms. The molecule has 2 aromatic carbocycles. The molecule has 0 aliphatic heterocycles. The number of hydrogen-bond donors (Lipinski definition) is 0. The zero-order valence-corrected chi connectivity index (χ0v) is 14.2. The van der Waals surface area contributed by atoms with Crippen LogP contribution in [0, 0.1) is 0 Å². The average Bonchev–Trinajstić information content (AvgIpc) is 3.01. The number of nitrogens with zero attached hydrogens (tertiary/aromatic N) is 3. The minimum absolute atomic E-state index is 0.0535. The van der Waals surface area contributed by atoms with Crippen molar-refractivity contribution in [2.24, 2.45) is 12.2 Å². The maximum Gasteiger partial charge on any atom is 0.212 e. The van der Waals surface area contributed by atoms with E-state index in [9.17, 15) is 4.79 Å². The van der Waals surface area contributed by atoms with E-state index in [0.717, 1.165) is 11.1 Å². The molecule has 0 N–H and O–H groups in total. The Morgan fingerprint density at radius 3 is 2.60 bits per heavy atom. The summed E-state index contributed by atoms with van der Waals surface area (Å²) >= 11 is 5.88. The van der Waals surface area contributed by atoms with Gasteiger partial charge in [-0.05, 0) is 17.7 Å². The monoisotopic (exact) mass is 351 g/mol. The zero-order chi connectivity index (χ0) is 17.4. The zero-order valence-electron chi connectivity index (χ0n) is 13.4. The number of carbonyl (C=O) groups is 1. The highest BCUT2D eigenvalue weighted by molar-refractivity contribution is 6.30. The number of benzene rings is 2. The number of imidazole rings is 1. The van der Waals surface area contributed by atoms with Crippen LogP contribution in [0.4, 0.5) is 0 Å². The Morgan fingerprint density at radius 2 is 1.84 bits per heavy atom. The first-order valence-corrected chi connectivity index (χ1v) is 8.13. The molecule has 0 radical (unpaired) electrons. The number of aryl methyl sites for hydroxylation is 1. The van der Waals surface area contributed by atoms with Gasteiger partial charge in [-0.25, -0.2) is 4.98 Å². The number of fused-ring (bicyclic) bond motifs is 2. The summed E-state index contributed by atoms with van der Waals surface area (Å²) < 4.78 is 1.71. The van der Waals surface area contributed by atoms with E-state index in [2.05, 4.69) is 10.1 Å². The fraction of sp³-hybridized carbons (Fsp3) is 0.105. The SMILES string of the molecule is Cn1cnc2c1C(=O)c1ccccc1/C2=N\OCc1ccc(Cl)cc1. The first-order chi connectivity index (χ1) is 12.1. The Hall–Kier alpha value is -2.92. The Bertz CT molecular complexity index is 990. The van der Waals surface area contributed by atoms with E-state index in [-0.39, 0.29) is 5.78 Å². The number of oxime groups is 1. The van der Waals surface area contributed by atoms with Crippen molar-refractivity contribution in [2.45, 2.75) is 6.61 Å². The number of hydrogen-bond acceptors (Lipinski definition) is 4. The summed E-state index contributed by atoms with van der Waals surface area (Å²) in [5.74, 6) is -0.0535. The summed E-state index contributed by atoms with van der Waals surface area (Å²) in [6, 6.07) is 14.7. The summed E-state index contributed by atoms with van der Waals surface area (Å²) in [6.45, 7) is 0.305. The summed E-state index contributed by atoms with van der Waals surface area (Å²) in [4.78, 5) is 22.6. The molecule has 6 heteroatoms. The van der Waals surface area contributed by atoms with Crippen molar-refractivity contribution in [2.75, 3.05) is 0 Å². The lowest BCUT2D eigenvalue weighted by Gasteiger charge is -2.17. The van der Waals surface area contributed by atoms with E-state index in [1.807, 2.05) is 30.3 Å². The van der Waals surface area contributed by atoms with E-state index in [0.29, 0.717) is 34.3 Å². The highest BCUT2D eigenvalue weighted by atomic mass is 35.5. The maximum atomic E-state index is 12.7. The van der Waals surface area contributed by atoms with Gasteiger partial charge in [-0.1, -0.05) is 53.2 Å². The highest BCUT2D eigenvalue weighted by Crippen LogP contribution is 2.26. The van der Waals surface area contributed by atoms with Crippen LogP contribution >= 0.6 is 11.6 Å². The van der Waals surface area contributed by atoms with Crippen LogP contribution in [0.3, 0.4) is 0 Å². The molecule has 1 aliphatic carbocycles. The average molecular weight is 352 g/mol. The molecular weight excluding hydrogens is 338 g/mol. The molecular formula is C19H14ClN3O2. The molecule has 1 aromatic heterocycles. The lowest BCUT2D eigenvalue weighted by atomic mass is 9.89. The van der Waals surface area contributed by atoms with Crippen LogP contribution in [0.15, 0.2) is 60.0 Å². The molecule has 0 saturated heterocycles. The summed E-state index contributed by atoms with van der Waals surface area (Å²) in [7, 11) is 1.80. The molecule has 0 amide bonds.